The number of aliphatic imine (C=N–C) groups is 1. The highest BCUT2D eigenvalue weighted by Crippen LogP contribution is 2.24. The maximum atomic E-state index is 11.1. The Morgan fingerprint density at radius 2 is 1.93 bits per heavy atom. The van der Waals surface area contributed by atoms with Gasteiger partial charge in [-0.05, 0) is 56.2 Å². The van der Waals surface area contributed by atoms with Crippen molar-refractivity contribution in [1.29, 1.82) is 0 Å². The van der Waals surface area contributed by atoms with Gasteiger partial charge < -0.3 is 21.1 Å². The first-order valence-electron chi connectivity index (χ1n) is 10.9. The number of halogens is 1. The van der Waals surface area contributed by atoms with Gasteiger partial charge in [0.25, 0.3) is 0 Å². The van der Waals surface area contributed by atoms with E-state index in [9.17, 15) is 4.79 Å². The molecular weight excluding hydrogens is 493 g/mol. The molecule has 7 nitrogen and oxygen atoms in total. The van der Waals surface area contributed by atoms with E-state index < -0.39 is 0 Å². The van der Waals surface area contributed by atoms with Crippen LogP contribution in [0.4, 0.5) is 0 Å². The molecule has 1 saturated heterocycles. The third kappa shape index (κ3) is 8.29. The standard InChI is InChI=1S/C22H35N5O2.HI/c1-24-22(26-18-10-12-27(13-11-18)16-21(23)28)25-15-17-6-5-9-20(14-17)29-19-7-3-2-4-8-19;/h5-6,9,14,18-19H,2-4,7-8,10-13,15-16H2,1H3,(H2,23,28)(H2,24,25,26);1H. The van der Waals surface area contributed by atoms with E-state index in [1.165, 1.54) is 24.8 Å². The van der Waals surface area contributed by atoms with Crippen molar-refractivity contribution in [3.63, 3.8) is 0 Å². The summed E-state index contributed by atoms with van der Waals surface area (Å²) < 4.78 is 6.18. The number of ether oxygens (including phenoxy) is 1. The summed E-state index contributed by atoms with van der Waals surface area (Å²) in [4.78, 5) is 17.5. The largest absolute Gasteiger partial charge is 0.490 e. The van der Waals surface area contributed by atoms with Crippen LogP contribution in [0, 0.1) is 0 Å². The van der Waals surface area contributed by atoms with Gasteiger partial charge in [-0.2, -0.15) is 0 Å². The Hall–Kier alpha value is -1.55. The fraction of sp³-hybridized carbons (Fsp3) is 0.636. The van der Waals surface area contributed by atoms with Crippen molar-refractivity contribution in [1.82, 2.24) is 15.5 Å². The fourth-order valence-electron chi connectivity index (χ4n) is 4.13. The molecule has 1 saturated carbocycles. The number of primary amides is 1. The minimum absolute atomic E-state index is 0. The number of piperidine rings is 1. The van der Waals surface area contributed by atoms with Crippen LogP contribution in [0.25, 0.3) is 0 Å². The Morgan fingerprint density at radius 3 is 2.60 bits per heavy atom. The SMILES string of the molecule is CN=C(NCc1cccc(OC2CCCCC2)c1)NC1CCN(CC(N)=O)CC1.I. The zero-order chi connectivity index (χ0) is 20.5. The van der Waals surface area contributed by atoms with Crippen molar-refractivity contribution in [2.45, 2.75) is 63.6 Å². The van der Waals surface area contributed by atoms with Gasteiger partial charge in [-0.3, -0.25) is 14.7 Å². The van der Waals surface area contributed by atoms with E-state index in [1.807, 2.05) is 6.07 Å². The highest BCUT2D eigenvalue weighted by Gasteiger charge is 2.21. The minimum atomic E-state index is -0.261. The van der Waals surface area contributed by atoms with Crippen LogP contribution in [0.3, 0.4) is 0 Å². The average Bonchev–Trinajstić information content (AvgIpc) is 2.73. The first kappa shape index (κ1) is 24.7. The van der Waals surface area contributed by atoms with Crippen molar-refractivity contribution in [3.8, 4) is 5.75 Å². The summed E-state index contributed by atoms with van der Waals surface area (Å²) in [5.41, 5.74) is 6.46. The second kappa shape index (κ2) is 13.0. The zero-order valence-electron chi connectivity index (χ0n) is 17.9. The summed E-state index contributed by atoms with van der Waals surface area (Å²) in [6, 6.07) is 8.68. The quantitative estimate of drug-likeness (QED) is 0.287. The van der Waals surface area contributed by atoms with Crippen molar-refractivity contribution in [2.75, 3.05) is 26.7 Å². The van der Waals surface area contributed by atoms with Gasteiger partial charge in [-0.1, -0.05) is 18.6 Å². The molecule has 1 amide bonds. The number of hydrogen-bond donors (Lipinski definition) is 3. The number of nitrogens with one attached hydrogen (secondary N) is 2. The summed E-state index contributed by atoms with van der Waals surface area (Å²) in [5.74, 6) is 1.50. The molecule has 3 rings (SSSR count). The summed E-state index contributed by atoms with van der Waals surface area (Å²) in [6.07, 6.45) is 8.51. The minimum Gasteiger partial charge on any atom is -0.490 e. The van der Waals surface area contributed by atoms with Gasteiger partial charge >= 0.3 is 0 Å². The second-order valence-corrected chi connectivity index (χ2v) is 8.11. The van der Waals surface area contributed by atoms with Gasteiger partial charge in [-0.25, -0.2) is 0 Å². The molecule has 0 aromatic heterocycles. The van der Waals surface area contributed by atoms with Crippen LogP contribution in [-0.4, -0.2) is 55.6 Å². The number of carbonyl (C=O) groups excluding carboxylic acids is 1. The number of likely N-dealkylation sites (tertiary alicyclic amines) is 1. The molecule has 0 spiro atoms. The summed E-state index contributed by atoms with van der Waals surface area (Å²) >= 11 is 0. The Balaban J connectivity index is 0.00000320. The van der Waals surface area contributed by atoms with Gasteiger partial charge in [0.15, 0.2) is 5.96 Å². The predicted molar refractivity (Wildman–Crippen MR) is 131 cm³/mol. The Bertz CT molecular complexity index is 686. The van der Waals surface area contributed by atoms with Gasteiger partial charge in [0.2, 0.25) is 5.91 Å². The third-order valence-electron chi connectivity index (χ3n) is 5.74. The van der Waals surface area contributed by atoms with Crippen LogP contribution in [0.15, 0.2) is 29.3 Å². The van der Waals surface area contributed by atoms with Gasteiger partial charge in [0.1, 0.15) is 5.75 Å². The molecular formula is C22H36IN5O2. The fourth-order valence-corrected chi connectivity index (χ4v) is 4.13. The monoisotopic (exact) mass is 529 g/mol. The van der Waals surface area contributed by atoms with E-state index >= 15 is 0 Å². The molecule has 1 aromatic rings. The molecule has 8 heteroatoms. The lowest BCUT2D eigenvalue weighted by atomic mass is 9.98. The molecule has 4 N–H and O–H groups in total. The van der Waals surface area contributed by atoms with Crippen molar-refractivity contribution < 1.29 is 9.53 Å². The predicted octanol–water partition coefficient (Wildman–Crippen LogP) is 2.63. The Morgan fingerprint density at radius 1 is 1.20 bits per heavy atom. The van der Waals surface area contributed by atoms with Crippen LogP contribution in [0.5, 0.6) is 5.75 Å². The van der Waals surface area contributed by atoms with E-state index in [-0.39, 0.29) is 29.9 Å². The Kier molecular flexibility index (Phi) is 10.7. The maximum Gasteiger partial charge on any atom is 0.231 e. The Labute approximate surface area is 197 Å². The third-order valence-corrected chi connectivity index (χ3v) is 5.74. The second-order valence-electron chi connectivity index (χ2n) is 8.11. The van der Waals surface area contributed by atoms with Gasteiger partial charge in [-0.15, -0.1) is 24.0 Å². The first-order chi connectivity index (χ1) is 14.1. The number of nitrogens with zero attached hydrogens (tertiary/aromatic N) is 2. The number of hydrogen-bond acceptors (Lipinski definition) is 4. The number of rotatable bonds is 7. The van der Waals surface area contributed by atoms with Gasteiger partial charge in [0.05, 0.1) is 12.6 Å². The lowest BCUT2D eigenvalue weighted by molar-refractivity contribution is -0.119. The summed E-state index contributed by atoms with van der Waals surface area (Å²) in [7, 11) is 1.79. The van der Waals surface area contributed by atoms with Crippen LogP contribution >= 0.6 is 24.0 Å². The number of nitrogens with two attached hydrogens (primary N) is 1. The van der Waals surface area contributed by atoms with Gasteiger partial charge in [0, 0.05) is 32.7 Å². The number of amides is 1. The molecule has 30 heavy (non-hydrogen) atoms. The van der Waals surface area contributed by atoms with Crippen LogP contribution < -0.4 is 21.1 Å². The lowest BCUT2D eigenvalue weighted by Gasteiger charge is -2.32. The number of guanidine groups is 1. The van der Waals surface area contributed by atoms with E-state index in [0.29, 0.717) is 25.2 Å². The number of carbonyl (C=O) groups is 1. The molecule has 0 unspecified atom stereocenters. The van der Waals surface area contributed by atoms with E-state index in [1.54, 1.807) is 7.05 Å². The average molecular weight is 529 g/mol. The summed E-state index contributed by atoms with van der Waals surface area (Å²) in [6.45, 7) is 2.79. The van der Waals surface area contributed by atoms with Crippen LogP contribution in [-0.2, 0) is 11.3 Å². The zero-order valence-corrected chi connectivity index (χ0v) is 20.3. The first-order valence-corrected chi connectivity index (χ1v) is 10.9. The molecule has 1 heterocycles. The smallest absolute Gasteiger partial charge is 0.231 e. The number of benzene rings is 1. The molecule has 0 atom stereocenters. The van der Waals surface area contributed by atoms with Crippen molar-refractivity contribution in [2.24, 2.45) is 10.7 Å². The van der Waals surface area contributed by atoms with Crippen LogP contribution in [0.2, 0.25) is 0 Å². The maximum absolute atomic E-state index is 11.1. The van der Waals surface area contributed by atoms with E-state index in [4.69, 9.17) is 10.5 Å². The molecule has 2 aliphatic rings. The van der Waals surface area contributed by atoms with E-state index in [2.05, 4.69) is 38.7 Å². The molecule has 168 valence electrons. The normalized spacial score (nSPS) is 19.0. The topological polar surface area (TPSA) is 92.0 Å². The molecule has 0 radical (unpaired) electrons. The molecule has 1 aliphatic carbocycles. The van der Waals surface area contributed by atoms with Crippen LogP contribution in [0.1, 0.15) is 50.5 Å². The molecule has 1 aliphatic heterocycles. The van der Waals surface area contributed by atoms with Crippen molar-refractivity contribution >= 4 is 35.8 Å². The highest BCUT2D eigenvalue weighted by molar-refractivity contribution is 14.0. The highest BCUT2D eigenvalue weighted by atomic mass is 127. The molecule has 1 aromatic carbocycles. The molecule has 2 fully saturated rings. The van der Waals surface area contributed by atoms with Crippen molar-refractivity contribution in [3.05, 3.63) is 29.8 Å². The molecule has 0 bridgehead atoms. The van der Waals surface area contributed by atoms with E-state index in [0.717, 1.165) is 50.5 Å². The summed E-state index contributed by atoms with van der Waals surface area (Å²) in [5, 5.41) is 6.90. The lowest BCUT2D eigenvalue weighted by Crippen LogP contribution is -2.49.